The van der Waals surface area contributed by atoms with Crippen LogP contribution in [-0.4, -0.2) is 6.04 Å². The largest absolute Gasteiger partial charge is 0.335 e. The molecular weight excluding hydrogens is 883 g/mol. The summed E-state index contributed by atoms with van der Waals surface area (Å²) in [4.78, 5) is 6.90. The number of anilines is 4. The van der Waals surface area contributed by atoms with Crippen molar-refractivity contribution < 1.29 is 0 Å². The van der Waals surface area contributed by atoms with Crippen molar-refractivity contribution in [3.05, 3.63) is 317 Å². The molecule has 0 bridgehead atoms. The average molecular weight is 946 g/mol. The summed E-state index contributed by atoms with van der Waals surface area (Å²) in [6.45, 7) is 13.6. The minimum atomic E-state index is 0.000213. The van der Waals surface area contributed by atoms with E-state index in [9.17, 15) is 0 Å². The van der Waals surface area contributed by atoms with E-state index >= 15 is 0 Å². The minimum Gasteiger partial charge on any atom is -0.335 e. The highest BCUT2D eigenvalue weighted by Gasteiger charge is 2.24. The molecule has 8 aromatic rings. The number of para-hydroxylation sites is 2. The topological polar surface area (TPSA) is 9.72 Å². The zero-order valence-electron chi connectivity index (χ0n) is 41.7. The molecule has 0 amide bonds. The third-order valence-electron chi connectivity index (χ3n) is 14.2. The molecule has 2 aliphatic carbocycles. The average Bonchev–Trinajstić information content (AvgIpc) is 3.44. The lowest BCUT2D eigenvalue weighted by Gasteiger charge is -2.35. The molecule has 10 rings (SSSR count). The predicted octanol–water partition coefficient (Wildman–Crippen LogP) is 16.1. The van der Waals surface area contributed by atoms with Crippen LogP contribution < -0.4 is 25.1 Å². The van der Waals surface area contributed by atoms with E-state index in [-0.39, 0.29) is 6.04 Å². The van der Waals surface area contributed by atoms with Gasteiger partial charge in [0.2, 0.25) is 0 Å². The fourth-order valence-corrected chi connectivity index (χ4v) is 10.3. The number of nitrogens with zero attached hydrogens (tertiary/aromatic N) is 3. The summed E-state index contributed by atoms with van der Waals surface area (Å²) >= 11 is 0. The smallest absolute Gasteiger partial charge is 0.0561 e. The number of allylic oxidation sites excluding steroid dienone is 5. The molecule has 0 saturated heterocycles. The van der Waals surface area contributed by atoms with Gasteiger partial charge < -0.3 is 14.7 Å². The van der Waals surface area contributed by atoms with Gasteiger partial charge in [0.05, 0.1) is 6.04 Å². The lowest BCUT2D eigenvalue weighted by Crippen LogP contribution is -2.34. The summed E-state index contributed by atoms with van der Waals surface area (Å²) in [7, 11) is 0. The maximum atomic E-state index is 4.79. The van der Waals surface area contributed by atoms with Crippen molar-refractivity contribution in [3.63, 3.8) is 0 Å². The SMILES string of the molecule is C=C(/C=C\C(=C)N(c1ccc(C(CCc2ccccc2)Cc2ccc3ccccc3c2)cc1)C1C=CC(N(c2ccccc2)c2ccc3c(c2)CCC=C3)=CC1)N(/C=C/C=c1/ccccc1=C)c1ccccc1. The first-order valence-electron chi connectivity index (χ1n) is 25.7. The van der Waals surface area contributed by atoms with Gasteiger partial charge in [-0.05, 0) is 166 Å². The van der Waals surface area contributed by atoms with Crippen molar-refractivity contribution in [3.8, 4) is 0 Å². The fraction of sp³-hybridized carbons (Fsp3) is 0.114. The maximum Gasteiger partial charge on any atom is 0.0561 e. The Hall–Kier alpha value is -8.66. The Morgan fingerprint density at radius 3 is 2.04 bits per heavy atom. The number of aryl methyl sites for hydroxylation is 2. The highest BCUT2D eigenvalue weighted by molar-refractivity contribution is 5.83. The van der Waals surface area contributed by atoms with Crippen LogP contribution in [0, 0.1) is 0 Å². The molecule has 0 spiro atoms. The molecule has 0 N–H and O–H groups in total. The standard InChI is InChI=1S/C70H63N3/c1-53-20-13-14-23-58(53)28-19-49-71(65-29-9-5-10-30-65)54(2)33-34-55(3)72(68-45-47-69(48-46-68)73(66-31-11-6-12-32-66)70-44-41-60-25-16-18-27-63(60)52-70)67-42-39-61(40-43-67)64(38-35-56-21-7-4-8-22-56)51-57-36-37-59-24-15-17-26-62(59)50-57/h4-17,19-26,28-34,36-37,39-45,47-50,52,64,68H,1-3,18,27,35,38,46,51H2/b34-33-,49-19+,58-28-. The van der Waals surface area contributed by atoms with Gasteiger partial charge in [0.25, 0.3) is 0 Å². The predicted molar refractivity (Wildman–Crippen MR) is 313 cm³/mol. The van der Waals surface area contributed by atoms with Crippen LogP contribution in [0.2, 0.25) is 0 Å². The summed E-state index contributed by atoms with van der Waals surface area (Å²) in [5, 5.41) is 4.62. The molecule has 3 nitrogen and oxygen atoms in total. The number of hydrogen-bond acceptors (Lipinski definition) is 3. The second-order valence-electron chi connectivity index (χ2n) is 19.1. The first-order chi connectivity index (χ1) is 35.9. The Bertz CT molecular complexity index is 3470. The first kappa shape index (κ1) is 48.0. The number of hydrogen-bond donors (Lipinski definition) is 0. The zero-order chi connectivity index (χ0) is 49.8. The van der Waals surface area contributed by atoms with Gasteiger partial charge in [-0.15, -0.1) is 0 Å². The Morgan fingerprint density at radius 2 is 1.29 bits per heavy atom. The molecule has 0 fully saturated rings. The molecular formula is C70H63N3. The normalized spacial score (nSPS) is 14.8. The van der Waals surface area contributed by atoms with Gasteiger partial charge in [0, 0.05) is 46.0 Å². The second kappa shape index (κ2) is 23.1. The lowest BCUT2D eigenvalue weighted by atomic mass is 9.86. The molecule has 8 aromatic carbocycles. The van der Waals surface area contributed by atoms with Crippen molar-refractivity contribution in [1.82, 2.24) is 0 Å². The van der Waals surface area contributed by atoms with E-state index in [0.717, 1.165) is 83.1 Å². The van der Waals surface area contributed by atoms with E-state index in [1.807, 2.05) is 24.3 Å². The van der Waals surface area contributed by atoms with Crippen LogP contribution in [0.4, 0.5) is 22.7 Å². The van der Waals surface area contributed by atoms with E-state index in [2.05, 4.69) is 265 Å². The summed E-state index contributed by atoms with van der Waals surface area (Å²) < 4.78 is 0. The Balaban J connectivity index is 0.974. The van der Waals surface area contributed by atoms with E-state index < -0.39 is 0 Å². The molecule has 3 heteroatoms. The Labute approximate surface area is 432 Å². The lowest BCUT2D eigenvalue weighted by molar-refractivity contribution is 0.621. The van der Waals surface area contributed by atoms with Gasteiger partial charge >= 0.3 is 0 Å². The monoisotopic (exact) mass is 946 g/mol. The van der Waals surface area contributed by atoms with Crippen LogP contribution >= 0.6 is 0 Å². The van der Waals surface area contributed by atoms with Gasteiger partial charge in [0.1, 0.15) is 0 Å². The molecule has 2 atom stereocenters. The van der Waals surface area contributed by atoms with Gasteiger partial charge in [-0.1, -0.05) is 202 Å². The highest BCUT2D eigenvalue weighted by atomic mass is 15.2. The summed E-state index contributed by atoms with van der Waals surface area (Å²) in [5.74, 6) is 0.329. The van der Waals surface area contributed by atoms with E-state index in [0.29, 0.717) is 5.92 Å². The molecule has 0 saturated carbocycles. The van der Waals surface area contributed by atoms with Crippen LogP contribution in [0.15, 0.2) is 279 Å². The Kier molecular flexibility index (Phi) is 15.2. The van der Waals surface area contributed by atoms with E-state index in [1.54, 1.807) is 0 Å². The first-order valence-corrected chi connectivity index (χ1v) is 25.7. The van der Waals surface area contributed by atoms with Crippen LogP contribution in [-0.2, 0) is 19.3 Å². The quantitative estimate of drug-likeness (QED) is 0.0794. The molecule has 2 aliphatic rings. The van der Waals surface area contributed by atoms with Gasteiger partial charge in [-0.2, -0.15) is 0 Å². The van der Waals surface area contributed by atoms with Crippen molar-refractivity contribution in [2.75, 3.05) is 14.7 Å². The summed E-state index contributed by atoms with van der Waals surface area (Å²) in [6, 6.07) is 72.0. The fourth-order valence-electron chi connectivity index (χ4n) is 10.3. The number of benzene rings is 8. The number of rotatable bonds is 18. The summed E-state index contributed by atoms with van der Waals surface area (Å²) in [5.41, 5.74) is 14.0. The second-order valence-corrected chi connectivity index (χ2v) is 19.1. The van der Waals surface area contributed by atoms with Crippen molar-refractivity contribution in [2.24, 2.45) is 0 Å². The maximum absolute atomic E-state index is 4.79. The van der Waals surface area contributed by atoms with Gasteiger partial charge in [-0.3, -0.25) is 0 Å². The molecule has 0 aromatic heterocycles. The number of fused-ring (bicyclic) bond motifs is 2. The third kappa shape index (κ3) is 11.8. The molecule has 2 unspecified atom stereocenters. The summed E-state index contributed by atoms with van der Waals surface area (Å²) in [6.07, 6.45) is 27.9. The highest BCUT2D eigenvalue weighted by Crippen LogP contribution is 2.37. The van der Waals surface area contributed by atoms with Crippen LogP contribution in [0.5, 0.6) is 0 Å². The third-order valence-corrected chi connectivity index (χ3v) is 14.2. The van der Waals surface area contributed by atoms with Crippen LogP contribution in [0.3, 0.4) is 0 Å². The minimum absolute atomic E-state index is 0.000213. The molecule has 0 aliphatic heterocycles. The van der Waals surface area contributed by atoms with Crippen molar-refractivity contribution in [2.45, 2.75) is 50.5 Å². The van der Waals surface area contributed by atoms with Gasteiger partial charge in [0.15, 0.2) is 0 Å². The zero-order valence-corrected chi connectivity index (χ0v) is 41.7. The molecule has 73 heavy (non-hydrogen) atoms. The Morgan fingerprint density at radius 1 is 0.603 bits per heavy atom. The van der Waals surface area contributed by atoms with E-state index in [1.165, 1.54) is 44.3 Å². The molecule has 0 radical (unpaired) electrons. The van der Waals surface area contributed by atoms with Crippen LogP contribution in [0.1, 0.15) is 53.0 Å². The van der Waals surface area contributed by atoms with E-state index in [4.69, 9.17) is 6.58 Å². The van der Waals surface area contributed by atoms with Crippen molar-refractivity contribution >= 4 is 52.3 Å². The van der Waals surface area contributed by atoms with Crippen molar-refractivity contribution in [1.29, 1.82) is 0 Å². The van der Waals surface area contributed by atoms with Gasteiger partial charge in [-0.25, -0.2) is 0 Å². The van der Waals surface area contributed by atoms with Crippen LogP contribution in [0.25, 0.3) is 29.5 Å². The molecule has 0 heterocycles. The molecule has 358 valence electrons.